The fourth-order valence-electron chi connectivity index (χ4n) is 0.979. The van der Waals surface area contributed by atoms with Gasteiger partial charge in [-0.2, -0.15) is 0 Å². The first-order valence-electron chi connectivity index (χ1n) is 5.64. The van der Waals surface area contributed by atoms with Crippen LogP contribution in [0.2, 0.25) is 0 Å². The summed E-state index contributed by atoms with van der Waals surface area (Å²) in [4.78, 5) is 4.22. The molecule has 0 radical (unpaired) electrons. The van der Waals surface area contributed by atoms with Crippen molar-refractivity contribution in [1.29, 1.82) is 0 Å². The van der Waals surface area contributed by atoms with Gasteiger partial charge in [-0.1, -0.05) is 20.8 Å². The highest BCUT2D eigenvalue weighted by Gasteiger charge is 1.94. The molecule has 0 saturated heterocycles. The molecule has 0 aliphatic heterocycles. The standard InChI is InChI=1S/C10H16N2O.C2H6.H2/c1-2-9-4-5-10(8-12-9)13-7-3-6-11;1-2;/h4-5,8H,2-3,6-7,11H2,1H3;1-2H3;1H. The second kappa shape index (κ2) is 9.46. The molecule has 3 heteroatoms. The molecule has 0 unspecified atom stereocenters. The van der Waals surface area contributed by atoms with Gasteiger partial charge >= 0.3 is 0 Å². The van der Waals surface area contributed by atoms with Gasteiger partial charge in [0.05, 0.1) is 12.8 Å². The van der Waals surface area contributed by atoms with E-state index in [2.05, 4.69) is 11.9 Å². The molecule has 0 aliphatic rings. The maximum absolute atomic E-state index is 5.40. The number of pyridine rings is 1. The molecule has 0 bridgehead atoms. The molecule has 0 saturated carbocycles. The third kappa shape index (κ3) is 6.07. The quantitative estimate of drug-likeness (QED) is 0.763. The SMILES string of the molecule is CC.CCc1ccc(OCCCN)cn1.[HH]. The molecule has 0 spiro atoms. The van der Waals surface area contributed by atoms with E-state index in [1.54, 1.807) is 6.20 Å². The van der Waals surface area contributed by atoms with Crippen molar-refractivity contribution >= 4 is 0 Å². The molecular weight excluding hydrogens is 188 g/mol. The van der Waals surface area contributed by atoms with Crippen LogP contribution < -0.4 is 10.5 Å². The maximum Gasteiger partial charge on any atom is 0.137 e. The number of ether oxygens (including phenoxy) is 1. The van der Waals surface area contributed by atoms with Crippen molar-refractivity contribution < 1.29 is 6.16 Å². The van der Waals surface area contributed by atoms with Crippen molar-refractivity contribution in [2.75, 3.05) is 13.2 Å². The Hall–Kier alpha value is -1.09. The van der Waals surface area contributed by atoms with Crippen LogP contribution in [0.1, 0.15) is 34.3 Å². The summed E-state index contributed by atoms with van der Waals surface area (Å²) in [6, 6.07) is 3.93. The topological polar surface area (TPSA) is 48.1 Å². The van der Waals surface area contributed by atoms with Gasteiger partial charge in [0.25, 0.3) is 0 Å². The maximum atomic E-state index is 5.40. The Kier molecular flexibility index (Phi) is 8.78. The van der Waals surface area contributed by atoms with E-state index in [0.717, 1.165) is 24.3 Å². The van der Waals surface area contributed by atoms with Gasteiger partial charge in [-0.25, -0.2) is 0 Å². The zero-order chi connectivity index (χ0) is 11.5. The summed E-state index contributed by atoms with van der Waals surface area (Å²) in [6.45, 7) is 7.42. The summed E-state index contributed by atoms with van der Waals surface area (Å²) in [5.74, 6) is 0.825. The fraction of sp³-hybridized carbons (Fsp3) is 0.583. The monoisotopic (exact) mass is 212 g/mol. The van der Waals surface area contributed by atoms with Crippen LogP contribution in [-0.2, 0) is 6.42 Å². The van der Waals surface area contributed by atoms with Crippen molar-refractivity contribution in [3.63, 3.8) is 0 Å². The van der Waals surface area contributed by atoms with Gasteiger partial charge in [-0.3, -0.25) is 4.98 Å². The van der Waals surface area contributed by atoms with Crippen molar-refractivity contribution in [3.05, 3.63) is 24.0 Å². The minimum Gasteiger partial charge on any atom is -0.492 e. The van der Waals surface area contributed by atoms with Crippen molar-refractivity contribution in [2.24, 2.45) is 5.73 Å². The predicted molar refractivity (Wildman–Crippen MR) is 66.2 cm³/mol. The zero-order valence-electron chi connectivity index (χ0n) is 9.99. The number of hydrogen-bond donors (Lipinski definition) is 1. The summed E-state index contributed by atoms with van der Waals surface area (Å²) >= 11 is 0. The van der Waals surface area contributed by atoms with E-state index in [1.165, 1.54) is 0 Å². The average molecular weight is 212 g/mol. The highest BCUT2D eigenvalue weighted by Crippen LogP contribution is 2.09. The van der Waals surface area contributed by atoms with Crippen molar-refractivity contribution in [1.82, 2.24) is 4.98 Å². The van der Waals surface area contributed by atoms with Crippen LogP contribution in [0.15, 0.2) is 18.3 Å². The molecule has 88 valence electrons. The van der Waals surface area contributed by atoms with Gasteiger partial charge in [0, 0.05) is 7.12 Å². The molecule has 1 rings (SSSR count). The number of aryl methyl sites for hydroxylation is 1. The molecule has 15 heavy (non-hydrogen) atoms. The van der Waals surface area contributed by atoms with Gasteiger partial charge in [0.2, 0.25) is 0 Å². The lowest BCUT2D eigenvalue weighted by molar-refractivity contribution is 0.312. The minimum absolute atomic E-state index is 0. The second-order valence-electron chi connectivity index (χ2n) is 2.83. The molecule has 0 aliphatic carbocycles. The first-order valence-corrected chi connectivity index (χ1v) is 5.64. The van der Waals surface area contributed by atoms with Crippen LogP contribution in [0.25, 0.3) is 0 Å². The first-order chi connectivity index (χ1) is 7.36. The van der Waals surface area contributed by atoms with Crippen LogP contribution in [0.4, 0.5) is 0 Å². The normalized spacial score (nSPS) is 9.07. The Balaban J connectivity index is 0. The summed E-state index contributed by atoms with van der Waals surface area (Å²) in [5.41, 5.74) is 6.43. The molecule has 1 aromatic rings. The molecule has 1 aromatic heterocycles. The van der Waals surface area contributed by atoms with Crippen LogP contribution in [0.3, 0.4) is 0 Å². The van der Waals surface area contributed by atoms with Crippen molar-refractivity contribution in [2.45, 2.75) is 33.6 Å². The molecule has 0 aromatic carbocycles. The largest absolute Gasteiger partial charge is 0.492 e. The lowest BCUT2D eigenvalue weighted by atomic mass is 10.3. The molecular formula is C12H24N2O. The Bertz CT molecular complexity index is 239. The molecule has 3 nitrogen and oxygen atoms in total. The van der Waals surface area contributed by atoms with E-state index in [9.17, 15) is 0 Å². The lowest BCUT2D eigenvalue weighted by Gasteiger charge is -2.04. The van der Waals surface area contributed by atoms with Gasteiger partial charge in [-0.15, -0.1) is 0 Å². The number of nitrogens with two attached hydrogens (primary N) is 1. The van der Waals surface area contributed by atoms with Crippen LogP contribution in [0.5, 0.6) is 5.75 Å². The first kappa shape index (κ1) is 13.9. The number of nitrogens with zero attached hydrogens (tertiary/aromatic N) is 1. The Morgan fingerprint density at radius 2 is 2.13 bits per heavy atom. The smallest absolute Gasteiger partial charge is 0.137 e. The summed E-state index contributed by atoms with van der Waals surface area (Å²) in [6.07, 6.45) is 3.61. The third-order valence-corrected chi connectivity index (χ3v) is 1.78. The Morgan fingerprint density at radius 3 is 2.60 bits per heavy atom. The predicted octanol–water partition coefficient (Wildman–Crippen LogP) is 2.64. The van der Waals surface area contributed by atoms with Gasteiger partial charge in [-0.05, 0) is 31.5 Å². The summed E-state index contributed by atoms with van der Waals surface area (Å²) in [5, 5.41) is 0. The molecule has 0 atom stereocenters. The lowest BCUT2D eigenvalue weighted by Crippen LogP contribution is -2.06. The van der Waals surface area contributed by atoms with Crippen molar-refractivity contribution in [3.8, 4) is 5.75 Å². The van der Waals surface area contributed by atoms with Gasteiger partial charge in [0.1, 0.15) is 5.75 Å². The zero-order valence-corrected chi connectivity index (χ0v) is 9.99. The molecule has 0 fully saturated rings. The van der Waals surface area contributed by atoms with E-state index < -0.39 is 0 Å². The van der Waals surface area contributed by atoms with Crippen LogP contribution in [-0.4, -0.2) is 18.1 Å². The Morgan fingerprint density at radius 1 is 1.40 bits per heavy atom. The average Bonchev–Trinajstić information content (AvgIpc) is 2.33. The molecule has 1 heterocycles. The molecule has 2 N–H and O–H groups in total. The highest BCUT2D eigenvalue weighted by atomic mass is 16.5. The third-order valence-electron chi connectivity index (χ3n) is 1.78. The second-order valence-corrected chi connectivity index (χ2v) is 2.83. The van der Waals surface area contributed by atoms with Crippen LogP contribution >= 0.6 is 0 Å². The van der Waals surface area contributed by atoms with Crippen LogP contribution in [0, 0.1) is 0 Å². The number of rotatable bonds is 5. The Labute approximate surface area is 94.1 Å². The number of aromatic nitrogens is 1. The molecule has 0 amide bonds. The van der Waals surface area contributed by atoms with E-state index in [4.69, 9.17) is 10.5 Å². The van der Waals surface area contributed by atoms with E-state index in [-0.39, 0.29) is 1.43 Å². The highest BCUT2D eigenvalue weighted by molar-refractivity contribution is 5.19. The number of hydrogen-bond acceptors (Lipinski definition) is 3. The van der Waals surface area contributed by atoms with Gasteiger partial charge < -0.3 is 10.5 Å². The van der Waals surface area contributed by atoms with E-state index in [0.29, 0.717) is 13.2 Å². The van der Waals surface area contributed by atoms with Gasteiger partial charge in [0.15, 0.2) is 0 Å². The minimum atomic E-state index is 0. The fourth-order valence-corrected chi connectivity index (χ4v) is 0.979. The summed E-state index contributed by atoms with van der Waals surface area (Å²) in [7, 11) is 0. The van der Waals surface area contributed by atoms with E-state index >= 15 is 0 Å². The van der Waals surface area contributed by atoms with E-state index in [1.807, 2.05) is 26.0 Å². The summed E-state index contributed by atoms with van der Waals surface area (Å²) < 4.78 is 5.40.